The van der Waals surface area contributed by atoms with Crippen molar-refractivity contribution in [2.45, 2.75) is 84.7 Å². The number of piperidine rings is 2. The van der Waals surface area contributed by atoms with Gasteiger partial charge in [0.2, 0.25) is 17.8 Å². The lowest BCUT2D eigenvalue weighted by molar-refractivity contribution is -0.135. The van der Waals surface area contributed by atoms with Crippen LogP contribution in [0.1, 0.15) is 74.9 Å². The highest BCUT2D eigenvalue weighted by Gasteiger charge is 2.34. The van der Waals surface area contributed by atoms with Crippen LogP contribution in [0.3, 0.4) is 0 Å². The van der Waals surface area contributed by atoms with Crippen LogP contribution < -0.4 is 36.6 Å². The molecule has 3 aromatic heterocycles. The minimum Gasteiger partial charge on any atom is -0.492 e. The third-order valence-electron chi connectivity index (χ3n) is 14.1. The van der Waals surface area contributed by atoms with E-state index < -0.39 is 42.4 Å². The molecule has 376 valence electrons. The summed E-state index contributed by atoms with van der Waals surface area (Å²) in [6.07, 6.45) is 5.75. The van der Waals surface area contributed by atoms with Crippen molar-refractivity contribution in [1.29, 1.82) is 0 Å². The molecule has 3 aromatic carbocycles. The van der Waals surface area contributed by atoms with Gasteiger partial charge in [-0.1, -0.05) is 19.9 Å². The standard InChI is InChI=1S/C51H60BrF2N10O6P/c1-7-30-24-38(58-50-55-28-35(52)48(60-50)57-39-25-37(54)45-34(47(39)71(5,6)68)11-10-31(8-2)56-45)43(69-9-3)27-41(30)63-18-14-32(15-19-63)62-22-20-61(21-23-62)17-16-33-29(4)36(53)26-42-46(33)70-51(67)64(42)40-12-13-44(65)59-49(40)66/h10-11,24-28,32,40H,7-9,12-23H2,1-6H3,(H,59,65,66)(H2,55,57,58,60). The highest BCUT2D eigenvalue weighted by molar-refractivity contribution is 9.10. The van der Waals surface area contributed by atoms with Gasteiger partial charge in [0.15, 0.2) is 11.4 Å². The normalized spacial score (nSPS) is 17.6. The van der Waals surface area contributed by atoms with Gasteiger partial charge in [0.1, 0.15) is 36.1 Å². The van der Waals surface area contributed by atoms with E-state index in [4.69, 9.17) is 14.1 Å². The second-order valence-electron chi connectivity index (χ2n) is 18.9. The third kappa shape index (κ3) is 10.3. The summed E-state index contributed by atoms with van der Waals surface area (Å²) in [7, 11) is -2.94. The number of fused-ring (bicyclic) bond motifs is 2. The fourth-order valence-electron chi connectivity index (χ4n) is 10.4. The van der Waals surface area contributed by atoms with Crippen molar-refractivity contribution in [3.8, 4) is 5.75 Å². The predicted octanol–water partition coefficient (Wildman–Crippen LogP) is 8.35. The second kappa shape index (κ2) is 20.8. The van der Waals surface area contributed by atoms with Gasteiger partial charge < -0.3 is 34.2 Å². The molecule has 16 nitrogen and oxygen atoms in total. The fourth-order valence-corrected chi connectivity index (χ4v) is 12.1. The van der Waals surface area contributed by atoms with Crippen LogP contribution in [0.2, 0.25) is 0 Å². The molecular formula is C51H60BrF2N10O6P. The minimum absolute atomic E-state index is 0.0852. The molecule has 9 rings (SSSR count). The van der Waals surface area contributed by atoms with E-state index in [1.807, 2.05) is 19.9 Å². The fraction of sp³-hybridized carbons (Fsp3) is 0.451. The van der Waals surface area contributed by atoms with Crippen LogP contribution in [-0.4, -0.2) is 113 Å². The molecule has 3 N–H and O–H groups in total. The van der Waals surface area contributed by atoms with Gasteiger partial charge in [-0.05, 0) is 105 Å². The second-order valence-corrected chi connectivity index (χ2v) is 22.9. The Balaban J connectivity index is 0.842. The van der Waals surface area contributed by atoms with Gasteiger partial charge >= 0.3 is 5.76 Å². The highest BCUT2D eigenvalue weighted by atomic mass is 79.9. The SMILES string of the molecule is CCOc1cc(N2CCC(N3CCN(CCc4c(C)c(F)cc5c4oc(=O)n5C4CCC(=O)NC4=O)CC3)CC2)c(CC)cc1Nc1ncc(Br)c(Nc2cc(F)c3nc(CC)ccc3c2P(C)(C)=O)n1. The van der Waals surface area contributed by atoms with Crippen LogP contribution in [0.25, 0.3) is 22.0 Å². The van der Waals surface area contributed by atoms with Crippen molar-refractivity contribution in [3.05, 3.63) is 91.6 Å². The molecule has 6 heterocycles. The molecule has 20 heteroatoms. The van der Waals surface area contributed by atoms with Crippen LogP contribution >= 0.6 is 23.1 Å². The zero-order valence-electron chi connectivity index (χ0n) is 41.0. The summed E-state index contributed by atoms with van der Waals surface area (Å²) in [5.74, 6) is -1.41. The molecular weight excluding hydrogens is 997 g/mol. The Kier molecular flexibility index (Phi) is 14.7. The number of hydrogen-bond acceptors (Lipinski definition) is 14. The monoisotopic (exact) mass is 1060 g/mol. The van der Waals surface area contributed by atoms with E-state index in [0.29, 0.717) is 81.3 Å². The maximum absolute atomic E-state index is 15.7. The van der Waals surface area contributed by atoms with Gasteiger partial charge in [-0.2, -0.15) is 4.98 Å². The van der Waals surface area contributed by atoms with Crippen LogP contribution in [0.15, 0.2) is 56.3 Å². The van der Waals surface area contributed by atoms with Gasteiger partial charge in [-0.3, -0.25) is 24.4 Å². The Morgan fingerprint density at radius 3 is 2.37 bits per heavy atom. The minimum atomic E-state index is -2.94. The van der Waals surface area contributed by atoms with E-state index in [-0.39, 0.29) is 35.4 Å². The lowest BCUT2D eigenvalue weighted by atomic mass is 9.99. The quantitative estimate of drug-likeness (QED) is 0.0660. The number of rotatable bonds is 15. The summed E-state index contributed by atoms with van der Waals surface area (Å²) in [5, 5.41) is 9.90. The van der Waals surface area contributed by atoms with E-state index in [9.17, 15) is 18.9 Å². The number of benzene rings is 3. The topological polar surface area (TPSA) is 180 Å². The molecule has 3 fully saturated rings. The van der Waals surface area contributed by atoms with Crippen LogP contribution in [0.5, 0.6) is 5.75 Å². The van der Waals surface area contributed by atoms with Crippen LogP contribution in [0, 0.1) is 18.6 Å². The number of imide groups is 1. The van der Waals surface area contributed by atoms with E-state index >= 15 is 8.78 Å². The average molecular weight is 1060 g/mol. The Hall–Kier alpha value is -5.75. The number of oxazole rings is 1. The van der Waals surface area contributed by atoms with Gasteiger partial charge in [-0.15, -0.1) is 0 Å². The maximum atomic E-state index is 15.7. The number of nitrogens with one attached hydrogen (secondary N) is 3. The average Bonchev–Trinajstić information content (AvgIpc) is 3.67. The smallest absolute Gasteiger partial charge is 0.420 e. The van der Waals surface area contributed by atoms with Crippen molar-refractivity contribution in [1.82, 2.24) is 34.6 Å². The van der Waals surface area contributed by atoms with Gasteiger partial charge in [0, 0.05) is 110 Å². The molecule has 0 radical (unpaired) electrons. The Labute approximate surface area is 419 Å². The lowest BCUT2D eigenvalue weighted by Crippen LogP contribution is -2.53. The number of hydrogen-bond donors (Lipinski definition) is 3. The zero-order valence-corrected chi connectivity index (χ0v) is 43.4. The molecule has 71 heavy (non-hydrogen) atoms. The first-order valence-corrected chi connectivity index (χ1v) is 27.9. The number of nitrogens with zero attached hydrogens (tertiary/aromatic N) is 7. The summed E-state index contributed by atoms with van der Waals surface area (Å²) in [5.41, 5.74) is 5.82. The number of halogens is 3. The molecule has 2 amide bonds. The van der Waals surface area contributed by atoms with Crippen molar-refractivity contribution in [3.63, 3.8) is 0 Å². The van der Waals surface area contributed by atoms with E-state index in [0.717, 1.165) is 75.5 Å². The summed E-state index contributed by atoms with van der Waals surface area (Å²) >= 11 is 3.56. The molecule has 3 aliphatic rings. The molecule has 0 bridgehead atoms. The zero-order chi connectivity index (χ0) is 50.3. The van der Waals surface area contributed by atoms with Crippen molar-refractivity contribution < 1.29 is 32.1 Å². The summed E-state index contributed by atoms with van der Waals surface area (Å²) in [6, 6.07) is 9.91. The lowest BCUT2D eigenvalue weighted by Gasteiger charge is -2.43. The van der Waals surface area contributed by atoms with Crippen molar-refractivity contribution in [2.75, 3.05) is 81.3 Å². The molecule has 6 aromatic rings. The molecule has 3 aliphatic heterocycles. The Bertz CT molecular complexity index is 3150. The van der Waals surface area contributed by atoms with Crippen LogP contribution in [0.4, 0.5) is 37.6 Å². The first-order valence-electron chi connectivity index (χ1n) is 24.5. The first-order chi connectivity index (χ1) is 34.0. The first kappa shape index (κ1) is 50.2. The van der Waals surface area contributed by atoms with Gasteiger partial charge in [0.25, 0.3) is 0 Å². The number of carbonyl (C=O) groups excluding carboxylic acids is 2. The summed E-state index contributed by atoms with van der Waals surface area (Å²) in [4.78, 5) is 58.8. The Morgan fingerprint density at radius 1 is 0.915 bits per heavy atom. The Morgan fingerprint density at radius 2 is 1.68 bits per heavy atom. The highest BCUT2D eigenvalue weighted by Crippen LogP contribution is 2.43. The van der Waals surface area contributed by atoms with Crippen LogP contribution in [-0.2, 0) is 33.4 Å². The van der Waals surface area contributed by atoms with E-state index in [1.165, 1.54) is 16.7 Å². The van der Waals surface area contributed by atoms with Gasteiger partial charge in [-0.25, -0.2) is 23.5 Å². The van der Waals surface area contributed by atoms with E-state index in [2.05, 4.69) is 75.6 Å². The number of carbonyl (C=O) groups is 2. The molecule has 1 unspecified atom stereocenters. The molecule has 3 saturated heterocycles. The summed E-state index contributed by atoms with van der Waals surface area (Å²) < 4.78 is 58.4. The number of anilines is 5. The molecule has 0 aliphatic carbocycles. The van der Waals surface area contributed by atoms with Crippen molar-refractivity contribution >= 4 is 91.0 Å². The van der Waals surface area contributed by atoms with Crippen molar-refractivity contribution in [2.24, 2.45) is 0 Å². The molecule has 0 spiro atoms. The molecule has 1 atom stereocenters. The predicted molar refractivity (Wildman–Crippen MR) is 277 cm³/mol. The number of ether oxygens (including phenoxy) is 1. The summed E-state index contributed by atoms with van der Waals surface area (Å²) in [6.45, 7) is 17.4. The number of pyridine rings is 1. The largest absolute Gasteiger partial charge is 0.492 e. The maximum Gasteiger partial charge on any atom is 0.420 e. The number of aryl methyl sites for hydroxylation is 2. The number of aromatic nitrogens is 4. The molecule has 0 saturated carbocycles. The van der Waals surface area contributed by atoms with Gasteiger partial charge in [0.05, 0.1) is 28.0 Å². The van der Waals surface area contributed by atoms with E-state index in [1.54, 1.807) is 32.5 Å². The third-order valence-corrected chi connectivity index (χ3v) is 16.3. The number of piperazine rings is 1. The number of amides is 2.